The lowest BCUT2D eigenvalue weighted by Gasteiger charge is -2.69. The van der Waals surface area contributed by atoms with Crippen molar-refractivity contribution in [2.24, 2.45) is 7.05 Å². The van der Waals surface area contributed by atoms with Crippen LogP contribution in [0.25, 0.3) is 22.0 Å². The number of benzene rings is 1. The number of rotatable bonds is 4. The lowest BCUT2D eigenvalue weighted by molar-refractivity contribution is -0.131. The van der Waals surface area contributed by atoms with Crippen LogP contribution in [0.4, 0.5) is 5.95 Å². The number of fused-ring (bicyclic) bond motifs is 1. The number of nitrogens with one attached hydrogen (secondary N) is 1. The second kappa shape index (κ2) is 8.12. The van der Waals surface area contributed by atoms with Crippen molar-refractivity contribution in [2.75, 3.05) is 11.9 Å². The Kier molecular flexibility index (Phi) is 5.92. The van der Waals surface area contributed by atoms with Crippen molar-refractivity contribution in [2.45, 2.75) is 21.5 Å². The first kappa shape index (κ1) is 24.8. The molecule has 0 atom stereocenters. The molecule has 4 rings (SSSR count). The lowest BCUT2D eigenvalue weighted by atomic mass is 9.30. The average molecular weight is 431 g/mol. The largest absolute Gasteiger partial charge is 0.406 e. The standard InChI is InChI=1S/C18H12B8N6O2/c1-31-7-11(6-28-31)9-2-3-10-5-27-14(29-12(10)4-9)30-13(33)8-32-15(19,20)17(23,24)34-18(25,26)16(32,21)22/h2-7H,8H2,1H3,(H,27,29,30,33). The van der Waals surface area contributed by atoms with Gasteiger partial charge >= 0.3 is 0 Å². The van der Waals surface area contributed by atoms with Crippen LogP contribution in [0.15, 0.2) is 36.8 Å². The minimum Gasteiger partial charge on any atom is -0.406 e. The van der Waals surface area contributed by atoms with Crippen molar-refractivity contribution in [1.82, 2.24) is 24.6 Å². The summed E-state index contributed by atoms with van der Waals surface area (Å²) in [5.41, 5.74) is 2.38. The molecule has 0 spiro atoms. The lowest BCUT2D eigenvalue weighted by Crippen LogP contribution is -2.86. The number of ether oxygens (including phenoxy) is 1. The molecule has 0 saturated carbocycles. The van der Waals surface area contributed by atoms with E-state index in [2.05, 4.69) is 20.4 Å². The van der Waals surface area contributed by atoms with E-state index >= 15 is 0 Å². The van der Waals surface area contributed by atoms with E-state index in [4.69, 9.17) is 67.5 Å². The molecule has 0 aliphatic carbocycles. The molecule has 1 saturated heterocycles. The van der Waals surface area contributed by atoms with Gasteiger partial charge in [-0.2, -0.15) is 5.10 Å². The highest BCUT2D eigenvalue weighted by Gasteiger charge is 2.57. The molecule has 0 bridgehead atoms. The summed E-state index contributed by atoms with van der Waals surface area (Å²) in [5, 5.41) is -1.63. The number of carbonyl (C=O) groups excluding carboxylic acids is 1. The van der Waals surface area contributed by atoms with Crippen molar-refractivity contribution in [1.29, 1.82) is 0 Å². The van der Waals surface area contributed by atoms with Crippen molar-refractivity contribution in [3.63, 3.8) is 0 Å². The summed E-state index contributed by atoms with van der Waals surface area (Å²) in [6.07, 6.45) is 5.16. The molecule has 3 aromatic rings. The fraction of sp³-hybridized carbons (Fsp3) is 0.333. The maximum atomic E-state index is 12.8. The molecule has 16 radical (unpaired) electrons. The maximum Gasteiger partial charge on any atom is 0.240 e. The van der Waals surface area contributed by atoms with Crippen molar-refractivity contribution < 1.29 is 9.53 Å². The molecule has 3 heterocycles. The monoisotopic (exact) mass is 432 g/mol. The molecule has 16 heteroatoms. The van der Waals surface area contributed by atoms with Gasteiger partial charge in [0.15, 0.2) is 0 Å². The number of nitrogens with zero attached hydrogens (tertiary/aromatic N) is 5. The van der Waals surface area contributed by atoms with Crippen LogP contribution in [-0.4, -0.2) is 121 Å². The molecule has 2 aromatic heterocycles. The predicted octanol–water partition coefficient (Wildman–Crippen LogP) is -2.74. The summed E-state index contributed by atoms with van der Waals surface area (Å²) >= 11 is 0. The van der Waals surface area contributed by atoms with E-state index in [0.717, 1.165) is 21.4 Å². The van der Waals surface area contributed by atoms with Gasteiger partial charge in [0.1, 0.15) is 0 Å². The Balaban J connectivity index is 1.58. The molecule has 1 N–H and O–H groups in total. The van der Waals surface area contributed by atoms with Crippen molar-refractivity contribution in [3.8, 4) is 11.1 Å². The highest BCUT2D eigenvalue weighted by atomic mass is 16.5. The van der Waals surface area contributed by atoms with Crippen LogP contribution in [0.5, 0.6) is 0 Å². The number of carbonyl (C=O) groups is 1. The molecule has 34 heavy (non-hydrogen) atoms. The van der Waals surface area contributed by atoms with E-state index in [1.54, 1.807) is 17.1 Å². The second-order valence-corrected chi connectivity index (χ2v) is 8.34. The number of morpholine rings is 1. The van der Waals surface area contributed by atoms with Gasteiger partial charge in [0.2, 0.25) is 11.9 Å². The predicted molar refractivity (Wildman–Crippen MR) is 135 cm³/mol. The van der Waals surface area contributed by atoms with Crippen LogP contribution in [0, 0.1) is 0 Å². The molecule has 1 amide bonds. The van der Waals surface area contributed by atoms with Crippen LogP contribution < -0.4 is 5.32 Å². The highest BCUT2D eigenvalue weighted by Crippen LogP contribution is 2.39. The van der Waals surface area contributed by atoms with Gasteiger partial charge in [-0.1, -0.05) is 12.1 Å². The number of aromatic nitrogens is 4. The minimum atomic E-state index is -2.30. The van der Waals surface area contributed by atoms with Crippen LogP contribution in [0.3, 0.4) is 0 Å². The average Bonchev–Trinajstić information content (AvgIpc) is 3.16. The SMILES string of the molecule is [B]C1([B])OC([B])([B])C([B])([B])N(CC(=O)Nc2ncc3ccc(-c4cnn(C)c4)cc3n2)C1([B])[B]. The quantitative estimate of drug-likeness (QED) is 0.452. The second-order valence-electron chi connectivity index (χ2n) is 8.34. The first-order valence-corrected chi connectivity index (χ1v) is 9.99. The summed E-state index contributed by atoms with van der Waals surface area (Å²) in [6.45, 7) is -0.618. The smallest absolute Gasteiger partial charge is 0.240 e. The Morgan fingerprint density at radius 2 is 1.65 bits per heavy atom. The van der Waals surface area contributed by atoms with Gasteiger partial charge in [-0.3, -0.25) is 14.8 Å². The minimum absolute atomic E-state index is 0.00639. The van der Waals surface area contributed by atoms with E-state index in [9.17, 15) is 4.79 Å². The highest BCUT2D eigenvalue weighted by molar-refractivity contribution is 6.59. The Morgan fingerprint density at radius 1 is 1.00 bits per heavy atom. The van der Waals surface area contributed by atoms with Crippen LogP contribution in [-0.2, 0) is 16.6 Å². The number of amides is 1. The molecular formula is C18H12B8N6O2. The van der Waals surface area contributed by atoms with E-state index in [-0.39, 0.29) is 5.95 Å². The van der Waals surface area contributed by atoms with Crippen molar-refractivity contribution >= 4 is 85.5 Å². The summed E-state index contributed by atoms with van der Waals surface area (Å²) in [7, 11) is 49.2. The zero-order valence-corrected chi connectivity index (χ0v) is 18.3. The molecule has 1 aliphatic rings. The number of hydrogen-bond donors (Lipinski definition) is 1. The Hall–Kier alpha value is -2.32. The third kappa shape index (κ3) is 4.15. The number of hydrogen-bond acceptors (Lipinski definition) is 6. The fourth-order valence-corrected chi connectivity index (χ4v) is 3.57. The maximum absolute atomic E-state index is 12.8. The summed E-state index contributed by atoms with van der Waals surface area (Å²) in [6, 6.07) is 5.62. The van der Waals surface area contributed by atoms with Gasteiger partial charge in [0.25, 0.3) is 0 Å². The fourth-order valence-electron chi connectivity index (χ4n) is 3.57. The number of anilines is 1. The Labute approximate surface area is 208 Å². The van der Waals surface area contributed by atoms with Gasteiger partial charge < -0.3 is 9.64 Å². The molecule has 1 aliphatic heterocycles. The van der Waals surface area contributed by atoms with Crippen LogP contribution in [0.1, 0.15) is 0 Å². The topological polar surface area (TPSA) is 85.2 Å². The third-order valence-electron chi connectivity index (χ3n) is 5.66. The van der Waals surface area contributed by atoms with Gasteiger partial charge in [-0.25, -0.2) is 9.97 Å². The van der Waals surface area contributed by atoms with E-state index in [1.807, 2.05) is 31.4 Å². The first-order valence-electron chi connectivity index (χ1n) is 9.99. The van der Waals surface area contributed by atoms with Crippen molar-refractivity contribution in [3.05, 3.63) is 36.8 Å². The molecule has 0 unspecified atom stereocenters. The third-order valence-corrected chi connectivity index (χ3v) is 5.66. The first-order chi connectivity index (χ1) is 15.6. The molecule has 150 valence electrons. The zero-order chi connectivity index (χ0) is 25.1. The Morgan fingerprint density at radius 3 is 2.24 bits per heavy atom. The van der Waals surface area contributed by atoms with E-state index in [1.165, 1.54) is 0 Å². The van der Waals surface area contributed by atoms with Gasteiger partial charge in [0.05, 0.1) is 81.0 Å². The van der Waals surface area contributed by atoms with E-state index in [0.29, 0.717) is 5.52 Å². The van der Waals surface area contributed by atoms with Gasteiger partial charge in [0, 0.05) is 30.4 Å². The van der Waals surface area contributed by atoms with Crippen LogP contribution in [0.2, 0.25) is 0 Å². The molecule has 1 aromatic carbocycles. The normalized spacial score (nSPS) is 20.6. The molecule has 8 nitrogen and oxygen atoms in total. The summed E-state index contributed by atoms with van der Waals surface area (Å²) < 4.78 is 6.82. The number of aryl methyl sites for hydroxylation is 1. The Bertz CT molecular complexity index is 1240. The molecular weight excluding hydrogens is 419 g/mol. The van der Waals surface area contributed by atoms with Crippen LogP contribution >= 0.6 is 0 Å². The zero-order valence-electron chi connectivity index (χ0n) is 18.3. The van der Waals surface area contributed by atoms with Gasteiger partial charge in [-0.05, 0) is 33.1 Å². The van der Waals surface area contributed by atoms with Gasteiger partial charge in [-0.15, -0.1) is 0 Å². The van der Waals surface area contributed by atoms with E-state index < -0.39 is 33.9 Å². The summed E-state index contributed by atoms with van der Waals surface area (Å²) in [4.78, 5) is 22.2. The molecule has 1 fully saturated rings. The summed E-state index contributed by atoms with van der Waals surface area (Å²) in [5.74, 6) is -0.691.